The summed E-state index contributed by atoms with van der Waals surface area (Å²) in [6.07, 6.45) is 7.78. The van der Waals surface area contributed by atoms with E-state index in [1.54, 1.807) is 7.05 Å². The molecular formula is C33H35N5O. The SMILES string of the molecule is CNC(=O)c1ccc(Cn2c3c(c(-c4ccccc4)c2-c2ccccc2)C(N)N(C2CCCCC2)C=N3)cc1. The molecule has 1 unspecified atom stereocenters. The number of benzene rings is 3. The summed E-state index contributed by atoms with van der Waals surface area (Å²) >= 11 is 0. The second kappa shape index (κ2) is 10.9. The first kappa shape index (κ1) is 25.1. The van der Waals surface area contributed by atoms with Crippen LogP contribution in [0.3, 0.4) is 0 Å². The number of aliphatic imine (C=N–C) groups is 1. The lowest BCUT2D eigenvalue weighted by Crippen LogP contribution is -2.43. The van der Waals surface area contributed by atoms with E-state index in [1.165, 1.54) is 19.3 Å². The third kappa shape index (κ3) is 4.77. The molecule has 1 saturated carbocycles. The molecule has 39 heavy (non-hydrogen) atoms. The maximum atomic E-state index is 12.1. The van der Waals surface area contributed by atoms with Crippen molar-refractivity contribution in [2.75, 3.05) is 7.05 Å². The molecule has 1 aliphatic heterocycles. The summed E-state index contributed by atoms with van der Waals surface area (Å²) in [7, 11) is 1.65. The number of rotatable bonds is 6. The molecule has 0 spiro atoms. The van der Waals surface area contributed by atoms with Crippen LogP contribution in [0.1, 0.15) is 59.8 Å². The number of amides is 1. The minimum absolute atomic E-state index is 0.0883. The van der Waals surface area contributed by atoms with Crippen LogP contribution in [0.25, 0.3) is 22.4 Å². The molecule has 0 bridgehead atoms. The molecule has 1 amide bonds. The minimum Gasteiger partial charge on any atom is -0.355 e. The summed E-state index contributed by atoms with van der Waals surface area (Å²) < 4.78 is 2.30. The predicted octanol–water partition coefficient (Wildman–Crippen LogP) is 6.50. The Kier molecular flexibility index (Phi) is 7.03. The highest BCUT2D eigenvalue weighted by Crippen LogP contribution is 2.48. The van der Waals surface area contributed by atoms with Gasteiger partial charge in [0.2, 0.25) is 0 Å². The number of nitrogens with zero attached hydrogens (tertiary/aromatic N) is 3. The van der Waals surface area contributed by atoms with Crippen molar-refractivity contribution in [3.05, 3.63) is 102 Å². The molecule has 198 valence electrons. The largest absolute Gasteiger partial charge is 0.355 e. The fraction of sp³-hybridized carbons (Fsp3) is 0.273. The Morgan fingerprint density at radius 1 is 0.897 bits per heavy atom. The van der Waals surface area contributed by atoms with E-state index in [0.717, 1.165) is 52.2 Å². The number of hydrogen-bond acceptors (Lipinski definition) is 4. The van der Waals surface area contributed by atoms with Gasteiger partial charge in [-0.1, -0.05) is 92.1 Å². The summed E-state index contributed by atoms with van der Waals surface area (Å²) in [5.74, 6) is 0.817. The third-order valence-corrected chi connectivity index (χ3v) is 8.09. The molecule has 6 rings (SSSR count). The van der Waals surface area contributed by atoms with Crippen LogP contribution in [-0.2, 0) is 6.54 Å². The van der Waals surface area contributed by atoms with Gasteiger partial charge in [-0.05, 0) is 41.7 Å². The topological polar surface area (TPSA) is 75.7 Å². The van der Waals surface area contributed by atoms with Crippen molar-refractivity contribution >= 4 is 18.1 Å². The van der Waals surface area contributed by atoms with Crippen molar-refractivity contribution < 1.29 is 4.79 Å². The van der Waals surface area contributed by atoms with Gasteiger partial charge >= 0.3 is 0 Å². The molecule has 2 aliphatic rings. The van der Waals surface area contributed by atoms with Crippen LogP contribution < -0.4 is 11.1 Å². The Morgan fingerprint density at radius 2 is 1.54 bits per heavy atom. The van der Waals surface area contributed by atoms with Crippen molar-refractivity contribution in [1.82, 2.24) is 14.8 Å². The second-order valence-electron chi connectivity index (χ2n) is 10.5. The van der Waals surface area contributed by atoms with Gasteiger partial charge < -0.3 is 20.5 Å². The van der Waals surface area contributed by atoms with E-state index in [1.807, 2.05) is 36.7 Å². The number of nitrogens with two attached hydrogens (primary N) is 1. The van der Waals surface area contributed by atoms with Crippen molar-refractivity contribution in [3.8, 4) is 22.4 Å². The molecule has 0 radical (unpaired) electrons. The summed E-state index contributed by atoms with van der Waals surface area (Å²) in [5, 5.41) is 2.70. The van der Waals surface area contributed by atoms with E-state index in [9.17, 15) is 4.79 Å². The van der Waals surface area contributed by atoms with Gasteiger partial charge in [-0.25, -0.2) is 4.99 Å². The van der Waals surface area contributed by atoms with E-state index in [2.05, 4.69) is 69.4 Å². The average Bonchev–Trinajstić information content (AvgIpc) is 3.33. The lowest BCUT2D eigenvalue weighted by molar-refractivity contribution is 0.0963. The molecule has 4 aromatic rings. The minimum atomic E-state index is -0.282. The summed E-state index contributed by atoms with van der Waals surface area (Å²) in [6.45, 7) is 0.612. The van der Waals surface area contributed by atoms with Gasteiger partial charge in [0.05, 0.1) is 12.0 Å². The normalized spacial score (nSPS) is 17.2. The fourth-order valence-corrected chi connectivity index (χ4v) is 6.12. The van der Waals surface area contributed by atoms with Crippen LogP contribution in [0.5, 0.6) is 0 Å². The highest BCUT2D eigenvalue weighted by Gasteiger charge is 2.35. The van der Waals surface area contributed by atoms with Crippen molar-refractivity contribution in [1.29, 1.82) is 0 Å². The molecule has 3 aromatic carbocycles. The number of carbonyl (C=O) groups is 1. The number of aromatic nitrogens is 1. The first-order valence-corrected chi connectivity index (χ1v) is 13.9. The van der Waals surface area contributed by atoms with Crippen LogP contribution in [0, 0.1) is 0 Å². The summed E-state index contributed by atoms with van der Waals surface area (Å²) in [4.78, 5) is 19.5. The maximum Gasteiger partial charge on any atom is 0.251 e. The van der Waals surface area contributed by atoms with Gasteiger partial charge in [0.15, 0.2) is 0 Å². The Hall–Kier alpha value is -4.16. The van der Waals surface area contributed by atoms with Gasteiger partial charge in [0.25, 0.3) is 5.91 Å². The molecule has 3 N–H and O–H groups in total. The standard InChI is InChI=1S/C33H35N5O/c1-35-33(39)26-19-17-23(18-20-26)21-37-30(25-13-7-3-8-14-25)28(24-11-5-2-6-12-24)29-31(34)38(22-36-32(29)37)27-15-9-4-10-16-27/h2-3,5-8,11-14,17-20,22,27,31H,4,9-10,15-16,21,34H2,1H3,(H,35,39). The van der Waals surface area contributed by atoms with E-state index in [4.69, 9.17) is 10.7 Å². The Balaban J connectivity index is 1.54. The zero-order valence-electron chi connectivity index (χ0n) is 22.4. The van der Waals surface area contributed by atoms with Crippen molar-refractivity contribution in [2.24, 2.45) is 10.7 Å². The van der Waals surface area contributed by atoms with Crippen LogP contribution in [-0.4, -0.2) is 34.8 Å². The number of fused-ring (bicyclic) bond motifs is 1. The van der Waals surface area contributed by atoms with Gasteiger partial charge in [0.1, 0.15) is 12.0 Å². The second-order valence-corrected chi connectivity index (χ2v) is 10.5. The Bertz CT molecular complexity index is 1470. The molecule has 2 heterocycles. The van der Waals surface area contributed by atoms with E-state index in [-0.39, 0.29) is 12.1 Å². The van der Waals surface area contributed by atoms with Crippen molar-refractivity contribution in [2.45, 2.75) is 50.9 Å². The first-order valence-electron chi connectivity index (χ1n) is 13.9. The molecule has 1 aliphatic carbocycles. The number of carbonyl (C=O) groups excluding carboxylic acids is 1. The smallest absolute Gasteiger partial charge is 0.251 e. The lowest BCUT2D eigenvalue weighted by atomic mass is 9.91. The zero-order chi connectivity index (χ0) is 26.8. The molecule has 1 aromatic heterocycles. The molecule has 6 heteroatoms. The quantitative estimate of drug-likeness (QED) is 0.307. The maximum absolute atomic E-state index is 12.1. The fourth-order valence-electron chi connectivity index (χ4n) is 6.12. The van der Waals surface area contributed by atoms with Gasteiger partial charge in [-0.3, -0.25) is 4.79 Å². The molecule has 1 atom stereocenters. The summed E-state index contributed by atoms with van der Waals surface area (Å²) in [6, 6.07) is 29.3. The molecule has 6 nitrogen and oxygen atoms in total. The average molecular weight is 518 g/mol. The van der Waals surface area contributed by atoms with E-state index >= 15 is 0 Å². The molecular weight excluding hydrogens is 482 g/mol. The highest BCUT2D eigenvalue weighted by molar-refractivity contribution is 5.94. The number of nitrogens with one attached hydrogen (secondary N) is 1. The highest BCUT2D eigenvalue weighted by atomic mass is 16.1. The number of hydrogen-bond donors (Lipinski definition) is 2. The Morgan fingerprint density at radius 3 is 2.18 bits per heavy atom. The van der Waals surface area contributed by atoms with Crippen LogP contribution in [0.4, 0.5) is 5.82 Å². The van der Waals surface area contributed by atoms with Gasteiger partial charge in [-0.15, -0.1) is 0 Å². The van der Waals surface area contributed by atoms with Gasteiger partial charge in [-0.2, -0.15) is 0 Å². The van der Waals surface area contributed by atoms with Crippen LogP contribution >= 0.6 is 0 Å². The van der Waals surface area contributed by atoms with E-state index < -0.39 is 0 Å². The molecule has 1 fully saturated rings. The lowest BCUT2D eigenvalue weighted by Gasteiger charge is -2.39. The van der Waals surface area contributed by atoms with Crippen LogP contribution in [0.15, 0.2) is 89.9 Å². The van der Waals surface area contributed by atoms with E-state index in [0.29, 0.717) is 18.2 Å². The zero-order valence-corrected chi connectivity index (χ0v) is 22.4. The molecule has 0 saturated heterocycles. The van der Waals surface area contributed by atoms with Gasteiger partial charge in [0, 0.05) is 36.3 Å². The monoisotopic (exact) mass is 517 g/mol. The third-order valence-electron chi connectivity index (χ3n) is 8.09. The van der Waals surface area contributed by atoms with Crippen LogP contribution in [0.2, 0.25) is 0 Å². The predicted molar refractivity (Wildman–Crippen MR) is 158 cm³/mol. The summed E-state index contributed by atoms with van der Waals surface area (Å²) in [5.41, 5.74) is 14.5. The van der Waals surface area contributed by atoms with Crippen molar-refractivity contribution in [3.63, 3.8) is 0 Å². The first-order chi connectivity index (χ1) is 19.2. The Labute approximate surface area is 230 Å².